The Labute approximate surface area is 147 Å². The summed E-state index contributed by atoms with van der Waals surface area (Å²) >= 11 is 0. The molecule has 128 valence electrons. The van der Waals surface area contributed by atoms with Gasteiger partial charge in [-0.05, 0) is 35.7 Å². The van der Waals surface area contributed by atoms with Gasteiger partial charge in [0.1, 0.15) is 5.75 Å². The Morgan fingerprint density at radius 1 is 1.08 bits per heavy atom. The molecule has 0 atom stereocenters. The molecule has 0 bridgehead atoms. The SMILES string of the molecule is CC(C)c1ccc(-n2ccc(NC(=O)COc3ccccc3)n2)cc1. The lowest BCUT2D eigenvalue weighted by Crippen LogP contribution is -2.20. The average molecular weight is 335 g/mol. The number of carbonyl (C=O) groups is 1. The highest BCUT2D eigenvalue weighted by Crippen LogP contribution is 2.17. The van der Waals surface area contributed by atoms with Gasteiger partial charge in [-0.15, -0.1) is 0 Å². The Bertz CT molecular complexity index is 824. The zero-order chi connectivity index (χ0) is 17.6. The van der Waals surface area contributed by atoms with E-state index in [1.165, 1.54) is 5.56 Å². The van der Waals surface area contributed by atoms with Crippen LogP contribution in [-0.2, 0) is 4.79 Å². The van der Waals surface area contributed by atoms with E-state index in [4.69, 9.17) is 4.74 Å². The van der Waals surface area contributed by atoms with Crippen LogP contribution in [0.2, 0.25) is 0 Å². The van der Waals surface area contributed by atoms with Crippen molar-refractivity contribution in [3.05, 3.63) is 72.4 Å². The van der Waals surface area contributed by atoms with Gasteiger partial charge in [0.25, 0.3) is 5.91 Å². The highest BCUT2D eigenvalue weighted by Gasteiger charge is 2.07. The van der Waals surface area contributed by atoms with Gasteiger partial charge in [-0.2, -0.15) is 5.10 Å². The van der Waals surface area contributed by atoms with E-state index in [1.807, 2.05) is 48.7 Å². The van der Waals surface area contributed by atoms with Crippen molar-refractivity contribution in [3.63, 3.8) is 0 Å². The summed E-state index contributed by atoms with van der Waals surface area (Å²) in [6.07, 6.45) is 1.82. The van der Waals surface area contributed by atoms with E-state index in [-0.39, 0.29) is 12.5 Å². The second-order valence-corrected chi connectivity index (χ2v) is 6.04. The number of aromatic nitrogens is 2. The third-order valence-electron chi connectivity index (χ3n) is 3.79. The van der Waals surface area contributed by atoms with Crippen LogP contribution in [0.1, 0.15) is 25.3 Å². The third kappa shape index (κ3) is 4.47. The molecule has 0 saturated carbocycles. The van der Waals surface area contributed by atoms with E-state index in [9.17, 15) is 4.79 Å². The molecule has 1 heterocycles. The first-order valence-electron chi connectivity index (χ1n) is 8.25. The second kappa shape index (κ2) is 7.66. The maximum Gasteiger partial charge on any atom is 0.263 e. The van der Waals surface area contributed by atoms with Crippen molar-refractivity contribution in [2.24, 2.45) is 0 Å². The number of para-hydroxylation sites is 1. The first-order valence-corrected chi connectivity index (χ1v) is 8.25. The molecule has 0 spiro atoms. The Kier molecular flexibility index (Phi) is 5.14. The zero-order valence-electron chi connectivity index (χ0n) is 14.3. The first kappa shape index (κ1) is 16.8. The molecular formula is C20H21N3O2. The number of ether oxygens (including phenoxy) is 1. The van der Waals surface area contributed by atoms with Crippen LogP contribution in [-0.4, -0.2) is 22.3 Å². The fourth-order valence-corrected chi connectivity index (χ4v) is 2.39. The van der Waals surface area contributed by atoms with Gasteiger partial charge in [0.2, 0.25) is 0 Å². The van der Waals surface area contributed by atoms with Gasteiger partial charge in [0, 0.05) is 12.3 Å². The van der Waals surface area contributed by atoms with E-state index in [1.54, 1.807) is 10.7 Å². The van der Waals surface area contributed by atoms with Gasteiger partial charge in [-0.25, -0.2) is 4.68 Å². The molecule has 0 aliphatic carbocycles. The number of hydrogen-bond acceptors (Lipinski definition) is 3. The van der Waals surface area contributed by atoms with Gasteiger partial charge in [-0.1, -0.05) is 44.2 Å². The van der Waals surface area contributed by atoms with Gasteiger partial charge >= 0.3 is 0 Å². The summed E-state index contributed by atoms with van der Waals surface area (Å²) in [5.74, 6) is 1.40. The van der Waals surface area contributed by atoms with Gasteiger partial charge < -0.3 is 10.1 Å². The van der Waals surface area contributed by atoms with E-state index >= 15 is 0 Å². The third-order valence-corrected chi connectivity index (χ3v) is 3.79. The van der Waals surface area contributed by atoms with E-state index in [0.29, 0.717) is 17.5 Å². The largest absolute Gasteiger partial charge is 0.484 e. The van der Waals surface area contributed by atoms with Crippen molar-refractivity contribution in [3.8, 4) is 11.4 Å². The smallest absolute Gasteiger partial charge is 0.263 e. The molecular weight excluding hydrogens is 314 g/mol. The topological polar surface area (TPSA) is 56.2 Å². The summed E-state index contributed by atoms with van der Waals surface area (Å²) in [4.78, 5) is 12.0. The van der Waals surface area contributed by atoms with Crippen LogP contribution in [0.25, 0.3) is 5.69 Å². The monoisotopic (exact) mass is 335 g/mol. The summed E-state index contributed by atoms with van der Waals surface area (Å²) < 4.78 is 7.15. The number of anilines is 1. The van der Waals surface area contributed by atoms with Gasteiger partial charge in [-0.3, -0.25) is 4.79 Å². The van der Waals surface area contributed by atoms with Crippen LogP contribution in [0, 0.1) is 0 Å². The molecule has 0 unspecified atom stereocenters. The summed E-state index contributed by atoms with van der Waals surface area (Å²) in [7, 11) is 0. The van der Waals surface area contributed by atoms with Crippen molar-refractivity contribution >= 4 is 11.7 Å². The minimum atomic E-state index is -0.246. The highest BCUT2D eigenvalue weighted by atomic mass is 16.5. The van der Waals surface area contributed by atoms with Crippen molar-refractivity contribution in [2.75, 3.05) is 11.9 Å². The standard InChI is InChI=1S/C20H21N3O2/c1-15(2)16-8-10-17(11-9-16)23-13-12-19(22-23)21-20(24)14-25-18-6-4-3-5-7-18/h3-13,15H,14H2,1-2H3,(H,21,22,24). The lowest BCUT2D eigenvalue weighted by atomic mass is 10.0. The van der Waals surface area contributed by atoms with Crippen molar-refractivity contribution in [1.82, 2.24) is 9.78 Å². The molecule has 1 aromatic heterocycles. The van der Waals surface area contributed by atoms with Crippen LogP contribution >= 0.6 is 0 Å². The minimum Gasteiger partial charge on any atom is -0.484 e. The number of nitrogens with one attached hydrogen (secondary N) is 1. The average Bonchev–Trinajstić information content (AvgIpc) is 3.09. The molecule has 0 aliphatic heterocycles. The van der Waals surface area contributed by atoms with Crippen LogP contribution in [0.5, 0.6) is 5.75 Å². The number of rotatable bonds is 6. The maximum absolute atomic E-state index is 12.0. The summed E-state index contributed by atoms with van der Waals surface area (Å²) in [5.41, 5.74) is 2.23. The van der Waals surface area contributed by atoms with Crippen molar-refractivity contribution in [1.29, 1.82) is 0 Å². The molecule has 0 saturated heterocycles. The Balaban J connectivity index is 1.58. The lowest BCUT2D eigenvalue weighted by molar-refractivity contribution is -0.118. The van der Waals surface area contributed by atoms with E-state index < -0.39 is 0 Å². The van der Waals surface area contributed by atoms with Crippen molar-refractivity contribution < 1.29 is 9.53 Å². The Morgan fingerprint density at radius 2 is 1.80 bits per heavy atom. The number of amides is 1. The summed E-state index contributed by atoms with van der Waals surface area (Å²) in [5, 5.41) is 7.12. The number of hydrogen-bond donors (Lipinski definition) is 1. The summed E-state index contributed by atoms with van der Waals surface area (Å²) in [6, 6.07) is 19.2. The van der Waals surface area contributed by atoms with E-state index in [2.05, 4.69) is 36.4 Å². The Hall–Kier alpha value is -3.08. The predicted molar refractivity (Wildman–Crippen MR) is 98.2 cm³/mol. The van der Waals surface area contributed by atoms with Crippen LogP contribution < -0.4 is 10.1 Å². The molecule has 1 amide bonds. The molecule has 25 heavy (non-hydrogen) atoms. The maximum atomic E-state index is 12.0. The molecule has 2 aromatic carbocycles. The highest BCUT2D eigenvalue weighted by molar-refractivity contribution is 5.90. The molecule has 5 heteroatoms. The minimum absolute atomic E-state index is 0.0556. The van der Waals surface area contributed by atoms with Gasteiger partial charge in [0.15, 0.2) is 12.4 Å². The van der Waals surface area contributed by atoms with Gasteiger partial charge in [0.05, 0.1) is 5.69 Å². The quantitative estimate of drug-likeness (QED) is 0.740. The number of benzene rings is 2. The molecule has 0 aliphatic rings. The lowest BCUT2D eigenvalue weighted by Gasteiger charge is -2.07. The number of nitrogens with zero attached hydrogens (tertiary/aromatic N) is 2. The Morgan fingerprint density at radius 3 is 2.48 bits per heavy atom. The van der Waals surface area contributed by atoms with Crippen LogP contribution in [0.4, 0.5) is 5.82 Å². The molecule has 0 radical (unpaired) electrons. The molecule has 1 N–H and O–H groups in total. The normalized spacial score (nSPS) is 10.7. The number of carbonyl (C=O) groups excluding carboxylic acids is 1. The van der Waals surface area contributed by atoms with Crippen molar-refractivity contribution in [2.45, 2.75) is 19.8 Å². The van der Waals surface area contributed by atoms with E-state index in [0.717, 1.165) is 5.69 Å². The van der Waals surface area contributed by atoms with Crippen LogP contribution in [0.3, 0.4) is 0 Å². The first-order chi connectivity index (χ1) is 12.1. The molecule has 5 nitrogen and oxygen atoms in total. The second-order valence-electron chi connectivity index (χ2n) is 6.04. The summed E-state index contributed by atoms with van der Waals surface area (Å²) in [6.45, 7) is 4.27. The van der Waals surface area contributed by atoms with Crippen LogP contribution in [0.15, 0.2) is 66.9 Å². The fourth-order valence-electron chi connectivity index (χ4n) is 2.39. The fraction of sp³-hybridized carbons (Fsp3) is 0.200. The molecule has 3 aromatic rings. The molecule has 0 fully saturated rings. The molecule has 3 rings (SSSR count). The predicted octanol–water partition coefficient (Wildman–Crippen LogP) is 4.01. The zero-order valence-corrected chi connectivity index (χ0v) is 14.3.